The van der Waals surface area contributed by atoms with Gasteiger partial charge in [0.25, 0.3) is 0 Å². The highest BCUT2D eigenvalue weighted by Gasteiger charge is 2.26. The Morgan fingerprint density at radius 1 is 1.12 bits per heavy atom. The topological polar surface area (TPSA) is 80.4 Å². The molecule has 0 spiro atoms. The van der Waals surface area contributed by atoms with Gasteiger partial charge in [0.15, 0.2) is 5.96 Å². The summed E-state index contributed by atoms with van der Waals surface area (Å²) in [5, 5.41) is 0. The van der Waals surface area contributed by atoms with Gasteiger partial charge in [0.05, 0.1) is 13.2 Å². The molecule has 0 atom stereocenters. The van der Waals surface area contributed by atoms with Crippen LogP contribution in [0.2, 0.25) is 0 Å². The maximum absolute atomic E-state index is 12.0. The summed E-state index contributed by atoms with van der Waals surface area (Å²) in [6, 6.07) is 0. The summed E-state index contributed by atoms with van der Waals surface area (Å²) < 4.78 is 10.8. The Morgan fingerprint density at radius 2 is 1.71 bits per heavy atom. The van der Waals surface area contributed by atoms with E-state index >= 15 is 0 Å². The number of carbonyl (C=O) groups is 1. The van der Waals surface area contributed by atoms with E-state index in [4.69, 9.17) is 15.2 Å². The second kappa shape index (κ2) is 11.7. The predicted molar refractivity (Wildman–Crippen MR) is 107 cm³/mol. The van der Waals surface area contributed by atoms with Crippen LogP contribution in [0, 0.1) is 0 Å². The minimum Gasteiger partial charge on any atom is -0.444 e. The molecule has 1 amide bonds. The number of carbonyl (C=O) groups excluding carboxylic acids is 1. The van der Waals surface area contributed by atoms with Crippen LogP contribution in [-0.2, 0) is 9.47 Å². The van der Waals surface area contributed by atoms with Crippen molar-refractivity contribution in [2.45, 2.75) is 46.1 Å². The van der Waals surface area contributed by atoms with Gasteiger partial charge in [-0.05, 0) is 27.2 Å². The fourth-order valence-electron chi connectivity index (χ4n) is 2.12. The molecule has 0 bridgehead atoms. The van der Waals surface area contributed by atoms with Crippen LogP contribution in [0.4, 0.5) is 4.79 Å². The van der Waals surface area contributed by atoms with Crippen molar-refractivity contribution in [3.63, 3.8) is 0 Å². The van der Waals surface area contributed by atoms with Gasteiger partial charge >= 0.3 is 6.09 Å². The third-order valence-corrected chi connectivity index (χ3v) is 3.41. The highest BCUT2D eigenvalue weighted by molar-refractivity contribution is 14.0. The number of ether oxygens (including phenoxy) is 2. The van der Waals surface area contributed by atoms with Crippen LogP contribution in [0.15, 0.2) is 4.99 Å². The Kier molecular flexibility index (Phi) is 11.4. The third-order valence-electron chi connectivity index (χ3n) is 3.41. The van der Waals surface area contributed by atoms with E-state index in [2.05, 4.69) is 11.9 Å². The normalized spacial score (nSPS) is 15.9. The SMILES string of the molecule is CCCCOCCN=C(N)N1CCN(C(=O)OC(C)(C)C)CC1.I. The van der Waals surface area contributed by atoms with E-state index < -0.39 is 5.60 Å². The van der Waals surface area contributed by atoms with Gasteiger partial charge in [0, 0.05) is 32.8 Å². The van der Waals surface area contributed by atoms with Gasteiger partial charge < -0.3 is 25.0 Å². The highest BCUT2D eigenvalue weighted by atomic mass is 127. The highest BCUT2D eigenvalue weighted by Crippen LogP contribution is 2.11. The van der Waals surface area contributed by atoms with Crippen molar-refractivity contribution in [3.05, 3.63) is 0 Å². The Bertz CT molecular complexity index is 391. The van der Waals surface area contributed by atoms with Gasteiger partial charge in [-0.15, -0.1) is 24.0 Å². The molecule has 0 aliphatic carbocycles. The van der Waals surface area contributed by atoms with Crippen molar-refractivity contribution in [2.75, 3.05) is 45.9 Å². The van der Waals surface area contributed by atoms with Crippen molar-refractivity contribution in [1.82, 2.24) is 9.80 Å². The van der Waals surface area contributed by atoms with Gasteiger partial charge in [-0.25, -0.2) is 4.79 Å². The third kappa shape index (κ3) is 9.51. The van der Waals surface area contributed by atoms with E-state index in [1.165, 1.54) is 0 Å². The molecule has 1 fully saturated rings. The zero-order valence-corrected chi connectivity index (χ0v) is 17.7. The zero-order chi connectivity index (χ0) is 17.3. The largest absolute Gasteiger partial charge is 0.444 e. The summed E-state index contributed by atoms with van der Waals surface area (Å²) in [5.74, 6) is 0.521. The molecule has 1 rings (SSSR count). The molecule has 1 aliphatic heterocycles. The van der Waals surface area contributed by atoms with Crippen molar-refractivity contribution < 1.29 is 14.3 Å². The summed E-state index contributed by atoms with van der Waals surface area (Å²) in [7, 11) is 0. The van der Waals surface area contributed by atoms with Crippen LogP contribution in [-0.4, -0.2) is 73.4 Å². The second-order valence-electron chi connectivity index (χ2n) is 6.66. The number of amides is 1. The first-order valence-electron chi connectivity index (χ1n) is 8.44. The summed E-state index contributed by atoms with van der Waals surface area (Å²) in [6.07, 6.45) is 1.94. The maximum atomic E-state index is 12.0. The van der Waals surface area contributed by atoms with E-state index in [1.807, 2.05) is 25.7 Å². The van der Waals surface area contributed by atoms with Crippen molar-refractivity contribution in [3.8, 4) is 0 Å². The molecule has 142 valence electrons. The fraction of sp³-hybridized carbons (Fsp3) is 0.875. The number of hydrogen-bond donors (Lipinski definition) is 1. The molecule has 0 aromatic rings. The molecular weight excluding hydrogens is 423 g/mol. The zero-order valence-electron chi connectivity index (χ0n) is 15.4. The smallest absolute Gasteiger partial charge is 0.410 e. The monoisotopic (exact) mass is 456 g/mol. The predicted octanol–water partition coefficient (Wildman–Crippen LogP) is 2.29. The number of nitrogens with two attached hydrogens (primary N) is 1. The van der Waals surface area contributed by atoms with Crippen LogP contribution in [0.3, 0.4) is 0 Å². The standard InChI is InChI=1S/C16H32N4O3.HI/c1-5-6-12-22-13-7-18-14(17)19-8-10-20(11-9-19)15(21)23-16(2,3)4;/h5-13H2,1-4H3,(H2,17,18);1H. The summed E-state index contributed by atoms with van der Waals surface area (Å²) in [6.45, 7) is 12.2. The minimum absolute atomic E-state index is 0. The fourth-order valence-corrected chi connectivity index (χ4v) is 2.12. The average molecular weight is 456 g/mol. The van der Waals surface area contributed by atoms with Gasteiger partial charge in [-0.3, -0.25) is 4.99 Å². The van der Waals surface area contributed by atoms with Crippen molar-refractivity contribution in [1.29, 1.82) is 0 Å². The molecule has 1 aliphatic rings. The number of aliphatic imine (C=N–C) groups is 1. The lowest BCUT2D eigenvalue weighted by atomic mass is 10.2. The van der Waals surface area contributed by atoms with Gasteiger partial charge in [-0.2, -0.15) is 0 Å². The van der Waals surface area contributed by atoms with E-state index in [9.17, 15) is 4.79 Å². The number of piperazine rings is 1. The van der Waals surface area contributed by atoms with Crippen LogP contribution in [0.5, 0.6) is 0 Å². The first kappa shape index (κ1) is 23.2. The average Bonchev–Trinajstić information content (AvgIpc) is 2.49. The number of hydrogen-bond acceptors (Lipinski definition) is 4. The van der Waals surface area contributed by atoms with Crippen LogP contribution < -0.4 is 5.73 Å². The summed E-state index contributed by atoms with van der Waals surface area (Å²) >= 11 is 0. The number of halogens is 1. The molecule has 0 unspecified atom stereocenters. The minimum atomic E-state index is -0.466. The second-order valence-corrected chi connectivity index (χ2v) is 6.66. The Morgan fingerprint density at radius 3 is 2.25 bits per heavy atom. The molecule has 1 heterocycles. The lowest BCUT2D eigenvalue weighted by molar-refractivity contribution is 0.0186. The lowest BCUT2D eigenvalue weighted by Gasteiger charge is -2.36. The molecule has 24 heavy (non-hydrogen) atoms. The maximum Gasteiger partial charge on any atom is 0.410 e. The molecule has 0 radical (unpaired) electrons. The van der Waals surface area contributed by atoms with Crippen LogP contribution in [0.25, 0.3) is 0 Å². The van der Waals surface area contributed by atoms with E-state index in [1.54, 1.807) is 4.90 Å². The molecular formula is C16H33IN4O3. The number of nitrogens with zero attached hydrogens (tertiary/aromatic N) is 3. The number of unbranched alkanes of at least 4 members (excludes halogenated alkanes) is 1. The first-order valence-corrected chi connectivity index (χ1v) is 8.44. The van der Waals surface area contributed by atoms with E-state index in [0.29, 0.717) is 45.3 Å². The molecule has 0 aromatic carbocycles. The van der Waals surface area contributed by atoms with Crippen molar-refractivity contribution >= 4 is 36.0 Å². The van der Waals surface area contributed by atoms with Gasteiger partial charge in [0.2, 0.25) is 0 Å². The van der Waals surface area contributed by atoms with E-state index in [-0.39, 0.29) is 30.1 Å². The molecule has 0 saturated carbocycles. The number of guanidine groups is 1. The summed E-state index contributed by atoms with van der Waals surface area (Å²) in [5.41, 5.74) is 5.53. The van der Waals surface area contributed by atoms with Crippen LogP contribution >= 0.6 is 24.0 Å². The Balaban J connectivity index is 0.00000529. The van der Waals surface area contributed by atoms with Gasteiger partial charge in [-0.1, -0.05) is 13.3 Å². The van der Waals surface area contributed by atoms with Crippen LogP contribution in [0.1, 0.15) is 40.5 Å². The number of rotatable bonds is 6. The molecule has 2 N–H and O–H groups in total. The lowest BCUT2D eigenvalue weighted by Crippen LogP contribution is -2.53. The Labute approximate surface area is 162 Å². The van der Waals surface area contributed by atoms with Crippen molar-refractivity contribution in [2.24, 2.45) is 10.7 Å². The molecule has 1 saturated heterocycles. The molecule has 8 heteroatoms. The Hall–Kier alpha value is -0.770. The quantitative estimate of drug-likeness (QED) is 0.287. The molecule has 0 aromatic heterocycles. The molecule has 7 nitrogen and oxygen atoms in total. The summed E-state index contributed by atoms with van der Waals surface area (Å²) in [4.78, 5) is 20.0. The first-order chi connectivity index (χ1) is 10.8. The van der Waals surface area contributed by atoms with Gasteiger partial charge in [0.1, 0.15) is 5.60 Å². The van der Waals surface area contributed by atoms with E-state index in [0.717, 1.165) is 19.4 Å².